The Bertz CT molecular complexity index is 592. The first-order valence-corrected chi connectivity index (χ1v) is 6.49. The summed E-state index contributed by atoms with van der Waals surface area (Å²) >= 11 is 5.61. The molecule has 2 aromatic carbocycles. The van der Waals surface area contributed by atoms with Crippen molar-refractivity contribution in [3.63, 3.8) is 0 Å². The molecular formula is C15H15ClFNO2. The SMILES string of the molecule is COc1cccc(C(O)CNc2ccc(Cl)c(F)c2)c1. The highest BCUT2D eigenvalue weighted by Gasteiger charge is 2.09. The summed E-state index contributed by atoms with van der Waals surface area (Å²) in [5.41, 5.74) is 1.29. The normalized spacial score (nSPS) is 12.0. The van der Waals surface area contributed by atoms with E-state index in [4.69, 9.17) is 16.3 Å². The second-order valence-electron chi connectivity index (χ2n) is 4.30. The van der Waals surface area contributed by atoms with Crippen molar-refractivity contribution >= 4 is 17.3 Å². The zero-order valence-electron chi connectivity index (χ0n) is 10.9. The van der Waals surface area contributed by atoms with Gasteiger partial charge in [0.15, 0.2) is 0 Å². The molecule has 3 nitrogen and oxygen atoms in total. The Morgan fingerprint density at radius 3 is 2.80 bits per heavy atom. The quantitative estimate of drug-likeness (QED) is 0.885. The number of hydrogen-bond acceptors (Lipinski definition) is 3. The standard InChI is InChI=1S/C15H15ClFNO2/c1-20-12-4-2-3-10(7-12)15(19)9-18-11-5-6-13(16)14(17)8-11/h2-8,15,18-19H,9H2,1H3. The van der Waals surface area contributed by atoms with Crippen molar-refractivity contribution in [3.8, 4) is 5.75 Å². The Balaban J connectivity index is 2.00. The molecule has 0 saturated heterocycles. The van der Waals surface area contributed by atoms with Gasteiger partial charge in [-0.2, -0.15) is 0 Å². The lowest BCUT2D eigenvalue weighted by atomic mass is 10.1. The smallest absolute Gasteiger partial charge is 0.143 e. The fraction of sp³-hybridized carbons (Fsp3) is 0.200. The number of anilines is 1. The average molecular weight is 296 g/mol. The lowest BCUT2D eigenvalue weighted by Crippen LogP contribution is -2.12. The van der Waals surface area contributed by atoms with Crippen LogP contribution in [-0.4, -0.2) is 18.8 Å². The van der Waals surface area contributed by atoms with E-state index in [-0.39, 0.29) is 11.6 Å². The van der Waals surface area contributed by atoms with Gasteiger partial charge in [-0.3, -0.25) is 0 Å². The number of halogens is 2. The van der Waals surface area contributed by atoms with Crippen LogP contribution in [0.2, 0.25) is 5.02 Å². The zero-order chi connectivity index (χ0) is 14.5. The first kappa shape index (κ1) is 14.6. The van der Waals surface area contributed by atoms with Crippen LogP contribution in [0, 0.1) is 5.82 Å². The van der Waals surface area contributed by atoms with Crippen LogP contribution in [0.15, 0.2) is 42.5 Å². The van der Waals surface area contributed by atoms with Crippen molar-refractivity contribution in [2.24, 2.45) is 0 Å². The minimum absolute atomic E-state index is 0.0731. The third kappa shape index (κ3) is 3.62. The molecule has 106 valence electrons. The molecule has 2 aromatic rings. The van der Waals surface area contributed by atoms with Crippen molar-refractivity contribution in [2.45, 2.75) is 6.10 Å². The van der Waals surface area contributed by atoms with E-state index in [0.29, 0.717) is 11.4 Å². The van der Waals surface area contributed by atoms with Crippen molar-refractivity contribution in [1.29, 1.82) is 0 Å². The number of rotatable bonds is 5. The van der Waals surface area contributed by atoms with Gasteiger partial charge in [-0.25, -0.2) is 4.39 Å². The molecule has 0 aromatic heterocycles. The average Bonchev–Trinajstić information content (AvgIpc) is 2.48. The highest BCUT2D eigenvalue weighted by Crippen LogP contribution is 2.21. The van der Waals surface area contributed by atoms with Crippen LogP contribution in [0.25, 0.3) is 0 Å². The molecule has 20 heavy (non-hydrogen) atoms. The lowest BCUT2D eigenvalue weighted by Gasteiger charge is -2.14. The fourth-order valence-corrected chi connectivity index (χ4v) is 1.90. The summed E-state index contributed by atoms with van der Waals surface area (Å²) in [5, 5.41) is 13.1. The lowest BCUT2D eigenvalue weighted by molar-refractivity contribution is 0.191. The van der Waals surface area contributed by atoms with E-state index in [1.165, 1.54) is 12.1 Å². The molecule has 0 fully saturated rings. The molecule has 5 heteroatoms. The van der Waals surface area contributed by atoms with Crippen LogP contribution < -0.4 is 10.1 Å². The van der Waals surface area contributed by atoms with Gasteiger partial charge in [0.1, 0.15) is 11.6 Å². The van der Waals surface area contributed by atoms with Crippen LogP contribution in [0.4, 0.5) is 10.1 Å². The maximum absolute atomic E-state index is 13.3. The maximum atomic E-state index is 13.3. The first-order chi connectivity index (χ1) is 9.60. The zero-order valence-corrected chi connectivity index (χ0v) is 11.7. The fourth-order valence-electron chi connectivity index (χ4n) is 1.79. The molecule has 1 unspecified atom stereocenters. The summed E-state index contributed by atoms with van der Waals surface area (Å²) in [4.78, 5) is 0. The van der Waals surface area contributed by atoms with E-state index in [1.807, 2.05) is 0 Å². The van der Waals surface area contributed by atoms with Gasteiger partial charge >= 0.3 is 0 Å². The Hall–Kier alpha value is -1.78. The monoisotopic (exact) mass is 295 g/mol. The maximum Gasteiger partial charge on any atom is 0.143 e. The van der Waals surface area contributed by atoms with Gasteiger partial charge in [-0.1, -0.05) is 23.7 Å². The largest absolute Gasteiger partial charge is 0.497 e. The number of hydrogen-bond donors (Lipinski definition) is 2. The Morgan fingerprint density at radius 1 is 1.30 bits per heavy atom. The van der Waals surface area contributed by atoms with Crippen molar-refractivity contribution in [2.75, 3.05) is 19.0 Å². The van der Waals surface area contributed by atoms with Gasteiger partial charge in [0, 0.05) is 12.2 Å². The minimum Gasteiger partial charge on any atom is -0.497 e. The second kappa shape index (κ2) is 6.59. The van der Waals surface area contributed by atoms with Crippen molar-refractivity contribution in [3.05, 3.63) is 58.9 Å². The Morgan fingerprint density at radius 2 is 2.10 bits per heavy atom. The van der Waals surface area contributed by atoms with Gasteiger partial charge in [-0.15, -0.1) is 0 Å². The Labute approximate surface area is 122 Å². The van der Waals surface area contributed by atoms with Crippen LogP contribution in [0.1, 0.15) is 11.7 Å². The van der Waals surface area contributed by atoms with Gasteiger partial charge in [0.25, 0.3) is 0 Å². The van der Waals surface area contributed by atoms with E-state index >= 15 is 0 Å². The molecule has 0 aliphatic rings. The summed E-state index contributed by atoms with van der Waals surface area (Å²) < 4.78 is 18.4. The summed E-state index contributed by atoms with van der Waals surface area (Å²) in [6.07, 6.45) is -0.719. The molecule has 1 atom stereocenters. The number of aliphatic hydroxyl groups is 1. The van der Waals surface area contributed by atoms with Gasteiger partial charge in [0.05, 0.1) is 18.2 Å². The molecule has 2 rings (SSSR count). The predicted molar refractivity (Wildman–Crippen MR) is 77.9 cm³/mol. The van der Waals surface area contributed by atoms with Crippen molar-refractivity contribution < 1.29 is 14.2 Å². The Kier molecular flexibility index (Phi) is 4.82. The predicted octanol–water partition coefficient (Wildman–Crippen LogP) is 3.63. The highest BCUT2D eigenvalue weighted by atomic mass is 35.5. The van der Waals surface area contributed by atoms with Gasteiger partial charge in [-0.05, 0) is 35.9 Å². The number of benzene rings is 2. The van der Waals surface area contributed by atoms with E-state index < -0.39 is 11.9 Å². The minimum atomic E-state index is -0.719. The number of methoxy groups -OCH3 is 1. The van der Waals surface area contributed by atoms with Crippen LogP contribution in [-0.2, 0) is 0 Å². The molecule has 0 saturated carbocycles. The van der Waals surface area contributed by atoms with E-state index in [2.05, 4.69) is 5.32 Å². The van der Waals surface area contributed by atoms with Crippen LogP contribution in [0.3, 0.4) is 0 Å². The molecule has 0 aliphatic carbocycles. The molecule has 0 amide bonds. The molecule has 0 spiro atoms. The summed E-state index contributed by atoms with van der Waals surface area (Å²) in [6.45, 7) is 0.258. The molecule has 2 N–H and O–H groups in total. The number of nitrogens with one attached hydrogen (secondary N) is 1. The van der Waals surface area contributed by atoms with Crippen molar-refractivity contribution in [1.82, 2.24) is 0 Å². The van der Waals surface area contributed by atoms with E-state index in [1.54, 1.807) is 37.4 Å². The highest BCUT2D eigenvalue weighted by molar-refractivity contribution is 6.30. The summed E-state index contributed by atoms with van der Waals surface area (Å²) in [5.74, 6) is 0.187. The van der Waals surface area contributed by atoms with E-state index in [0.717, 1.165) is 5.56 Å². The van der Waals surface area contributed by atoms with Gasteiger partial charge in [0.2, 0.25) is 0 Å². The van der Waals surface area contributed by atoms with Gasteiger partial charge < -0.3 is 15.2 Å². The molecule has 0 bridgehead atoms. The molecular weight excluding hydrogens is 281 g/mol. The number of aliphatic hydroxyl groups excluding tert-OH is 1. The van der Waals surface area contributed by atoms with Crippen LogP contribution >= 0.6 is 11.6 Å². The van der Waals surface area contributed by atoms with E-state index in [9.17, 15) is 9.50 Å². The topological polar surface area (TPSA) is 41.5 Å². The third-order valence-corrected chi connectivity index (χ3v) is 3.20. The third-order valence-electron chi connectivity index (χ3n) is 2.90. The second-order valence-corrected chi connectivity index (χ2v) is 4.71. The molecule has 0 radical (unpaired) electrons. The summed E-state index contributed by atoms with van der Waals surface area (Å²) in [6, 6.07) is 11.6. The number of ether oxygens (including phenoxy) is 1. The first-order valence-electron chi connectivity index (χ1n) is 6.11. The molecule has 0 heterocycles. The summed E-state index contributed by atoms with van der Waals surface area (Å²) in [7, 11) is 1.57. The molecule has 0 aliphatic heterocycles. The van der Waals surface area contributed by atoms with Crippen LogP contribution in [0.5, 0.6) is 5.75 Å².